The molecular formula is C36H40O14S2. The van der Waals surface area contributed by atoms with Gasteiger partial charge >= 0.3 is 0 Å². The van der Waals surface area contributed by atoms with E-state index in [1.165, 1.54) is 58.9 Å². The lowest BCUT2D eigenvalue weighted by molar-refractivity contribution is 0.417. The van der Waals surface area contributed by atoms with E-state index in [9.17, 15) is 66.8 Å². The van der Waals surface area contributed by atoms with Crippen molar-refractivity contribution in [1.82, 2.24) is 0 Å². The molecule has 14 nitrogen and oxygen atoms in total. The Morgan fingerprint density at radius 2 is 0.577 bits per heavy atom. The van der Waals surface area contributed by atoms with E-state index in [4.69, 9.17) is 0 Å². The number of benzene rings is 4. The maximum atomic E-state index is 12.1. The van der Waals surface area contributed by atoms with Gasteiger partial charge in [0, 0.05) is 79.3 Å². The van der Waals surface area contributed by atoms with Gasteiger partial charge in [-0.1, -0.05) is 27.7 Å². The summed E-state index contributed by atoms with van der Waals surface area (Å²) in [6, 6.07) is 5.41. The van der Waals surface area contributed by atoms with Crippen molar-refractivity contribution in [3.8, 4) is 46.0 Å². The molecule has 16 heteroatoms. The Kier molecular flexibility index (Phi) is 9.54. The summed E-state index contributed by atoms with van der Waals surface area (Å²) < 4.78 is 68.1. The number of rotatable bonds is 4. The molecule has 0 aliphatic heterocycles. The molecule has 4 atom stereocenters. The Balaban J connectivity index is 2.02. The van der Waals surface area contributed by atoms with Gasteiger partial charge in [-0.05, 0) is 38.1 Å². The lowest BCUT2D eigenvalue weighted by atomic mass is 9.78. The normalized spacial score (nSPS) is 19.1. The van der Waals surface area contributed by atoms with Gasteiger partial charge in [-0.25, -0.2) is 0 Å². The molecule has 280 valence electrons. The van der Waals surface area contributed by atoms with Crippen LogP contribution < -0.4 is 0 Å². The summed E-state index contributed by atoms with van der Waals surface area (Å²) in [6.45, 7) is 8.99. The van der Waals surface area contributed by atoms with Crippen molar-refractivity contribution in [3.05, 3.63) is 91.0 Å². The highest BCUT2D eigenvalue weighted by Gasteiger charge is 2.34. The number of aromatic hydroxyl groups is 8. The molecule has 0 heterocycles. The summed E-state index contributed by atoms with van der Waals surface area (Å²) in [5, 5.41) is 91.1. The van der Waals surface area contributed by atoms with Crippen molar-refractivity contribution < 1.29 is 66.8 Å². The summed E-state index contributed by atoms with van der Waals surface area (Å²) in [5.41, 5.74) is -1.02. The third-order valence-electron chi connectivity index (χ3n) is 10.4. The van der Waals surface area contributed by atoms with Crippen molar-refractivity contribution >= 4 is 20.2 Å². The maximum absolute atomic E-state index is 12.1. The standard InChI is InChI=1S/C36H40O14S2/c1-13-19-7-21(31(39)17(5)29(19)37)14(2)23-9-25(35(43)27(33(23)41)11-51(45,46)47)16(4)26-10-24(34(42)28(36(26)44)12-52(48,49)50)15(3)22-8-20(13)30(38)18(6)32(22)40/h7-10,13-16,37-44H,11-12H2,1-6H3,(H,45,46,47)(H,48,49,50)/t13-,14+,15-,16+. The van der Waals surface area contributed by atoms with Gasteiger partial charge < -0.3 is 40.9 Å². The second kappa shape index (κ2) is 12.9. The Morgan fingerprint density at radius 1 is 0.404 bits per heavy atom. The van der Waals surface area contributed by atoms with Gasteiger partial charge in [-0.2, -0.15) is 16.8 Å². The average molecular weight is 761 g/mol. The fourth-order valence-corrected chi connectivity index (χ4v) is 8.45. The minimum Gasteiger partial charge on any atom is -0.507 e. The van der Waals surface area contributed by atoms with Gasteiger partial charge in [-0.3, -0.25) is 9.11 Å². The van der Waals surface area contributed by atoms with Crippen LogP contribution >= 0.6 is 0 Å². The molecule has 0 fully saturated rings. The lowest BCUT2D eigenvalue weighted by Gasteiger charge is -2.28. The molecule has 0 spiro atoms. The molecule has 0 saturated carbocycles. The molecule has 0 aromatic heterocycles. The highest BCUT2D eigenvalue weighted by atomic mass is 32.2. The SMILES string of the molecule is Cc1c(O)c2cc(c1O)[C@@H](C)c1cc(c(O)c(CS(=O)(=O)O)c1O)[C@@H](C)c1cc(c(O)c(CS(=O)(=O)O)c1O)[C@@H](C)c1cc(c(O)c(C)c1O)[C@H]2C. The highest BCUT2D eigenvalue weighted by Crippen LogP contribution is 2.53. The molecule has 4 aromatic carbocycles. The summed E-state index contributed by atoms with van der Waals surface area (Å²) >= 11 is 0. The van der Waals surface area contributed by atoms with Crippen molar-refractivity contribution in [2.24, 2.45) is 0 Å². The first kappa shape index (κ1) is 38.3. The number of phenols is 8. The maximum Gasteiger partial charge on any atom is 0.269 e. The third-order valence-corrected chi connectivity index (χ3v) is 11.7. The fraction of sp³-hybridized carbons (Fsp3) is 0.333. The van der Waals surface area contributed by atoms with Gasteiger partial charge in [0.25, 0.3) is 20.2 Å². The van der Waals surface area contributed by atoms with E-state index < -0.39 is 101 Å². The lowest BCUT2D eigenvalue weighted by Crippen LogP contribution is -2.12. The Hall–Kier alpha value is -4.90. The van der Waals surface area contributed by atoms with Gasteiger partial charge in [0.2, 0.25) is 0 Å². The molecule has 4 aromatic rings. The van der Waals surface area contributed by atoms with Gasteiger partial charge in [0.05, 0.1) is 11.1 Å². The Morgan fingerprint density at radius 3 is 0.750 bits per heavy atom. The predicted molar refractivity (Wildman–Crippen MR) is 189 cm³/mol. The smallest absolute Gasteiger partial charge is 0.269 e. The zero-order valence-corrected chi connectivity index (χ0v) is 30.6. The first-order valence-corrected chi connectivity index (χ1v) is 19.3. The third kappa shape index (κ3) is 6.40. The van der Waals surface area contributed by atoms with Crippen molar-refractivity contribution in [1.29, 1.82) is 0 Å². The van der Waals surface area contributed by atoms with Crippen LogP contribution in [0.3, 0.4) is 0 Å². The van der Waals surface area contributed by atoms with Gasteiger partial charge in [0.1, 0.15) is 57.5 Å². The van der Waals surface area contributed by atoms with Crippen LogP contribution in [0.5, 0.6) is 46.0 Å². The van der Waals surface area contributed by atoms with E-state index in [1.54, 1.807) is 6.92 Å². The van der Waals surface area contributed by atoms with Crippen LogP contribution in [0.4, 0.5) is 0 Å². The minimum atomic E-state index is -4.90. The quantitative estimate of drug-likeness (QED) is 0.113. The van der Waals surface area contributed by atoms with Crippen LogP contribution in [0.25, 0.3) is 0 Å². The Labute approximate surface area is 300 Å². The molecule has 0 amide bonds. The fourth-order valence-electron chi connectivity index (χ4n) is 7.18. The number of phenolic OH excluding ortho intramolecular Hbond substituents is 8. The second-order valence-corrected chi connectivity index (χ2v) is 16.5. The summed E-state index contributed by atoms with van der Waals surface area (Å²) in [7, 11) is -9.79. The molecule has 0 unspecified atom stereocenters. The van der Waals surface area contributed by atoms with E-state index in [0.717, 1.165) is 0 Å². The molecule has 0 radical (unpaired) electrons. The first-order chi connectivity index (χ1) is 23.9. The van der Waals surface area contributed by atoms with E-state index in [2.05, 4.69) is 0 Å². The Bertz CT molecular complexity index is 2220. The van der Waals surface area contributed by atoms with E-state index in [0.29, 0.717) is 0 Å². The topological polar surface area (TPSA) is 271 Å². The number of fused-ring (bicyclic) bond motifs is 8. The molecule has 10 N–H and O–H groups in total. The minimum absolute atomic E-state index is 0.0251. The van der Waals surface area contributed by atoms with Gasteiger partial charge in [0.15, 0.2) is 0 Å². The van der Waals surface area contributed by atoms with Crippen LogP contribution in [-0.4, -0.2) is 66.8 Å². The van der Waals surface area contributed by atoms with E-state index in [-0.39, 0.29) is 67.1 Å². The summed E-state index contributed by atoms with van der Waals surface area (Å²) in [6.07, 6.45) is 0. The monoisotopic (exact) mass is 760 g/mol. The molecule has 1 aliphatic carbocycles. The molecule has 5 rings (SSSR count). The van der Waals surface area contributed by atoms with E-state index >= 15 is 0 Å². The summed E-state index contributed by atoms with van der Waals surface area (Å²) in [5.74, 6) is -11.3. The molecular weight excluding hydrogens is 721 g/mol. The van der Waals surface area contributed by atoms with Crippen LogP contribution in [-0.2, 0) is 31.7 Å². The second-order valence-electron chi connectivity index (χ2n) is 13.6. The highest BCUT2D eigenvalue weighted by molar-refractivity contribution is 7.85. The molecule has 0 saturated heterocycles. The summed E-state index contributed by atoms with van der Waals surface area (Å²) in [4.78, 5) is 0. The zero-order valence-electron chi connectivity index (χ0n) is 29.0. The molecule has 8 bridgehead atoms. The molecule has 52 heavy (non-hydrogen) atoms. The average Bonchev–Trinajstić information content (AvgIpc) is 3.04. The largest absolute Gasteiger partial charge is 0.507 e. The van der Waals surface area contributed by atoms with Crippen molar-refractivity contribution in [2.45, 2.75) is 76.7 Å². The predicted octanol–water partition coefficient (Wildman–Crippen LogP) is 5.64. The number of hydrogen-bond acceptors (Lipinski definition) is 12. The van der Waals surface area contributed by atoms with Crippen LogP contribution in [0, 0.1) is 13.8 Å². The zero-order chi connectivity index (χ0) is 39.1. The van der Waals surface area contributed by atoms with Crippen LogP contribution in [0.2, 0.25) is 0 Å². The van der Waals surface area contributed by atoms with Crippen LogP contribution in [0.1, 0.15) is 118 Å². The molecule has 1 aliphatic rings. The van der Waals surface area contributed by atoms with Crippen molar-refractivity contribution in [2.75, 3.05) is 0 Å². The number of hydrogen-bond donors (Lipinski definition) is 10. The van der Waals surface area contributed by atoms with Crippen molar-refractivity contribution in [3.63, 3.8) is 0 Å². The van der Waals surface area contributed by atoms with Crippen LogP contribution in [0.15, 0.2) is 24.3 Å². The first-order valence-electron chi connectivity index (χ1n) is 16.0. The van der Waals surface area contributed by atoms with E-state index in [1.807, 2.05) is 0 Å². The van der Waals surface area contributed by atoms with Gasteiger partial charge in [-0.15, -0.1) is 0 Å².